The van der Waals surface area contributed by atoms with E-state index in [0.29, 0.717) is 0 Å². The molecule has 0 spiro atoms. The highest BCUT2D eigenvalue weighted by Crippen LogP contribution is 2.33. The van der Waals surface area contributed by atoms with Crippen molar-refractivity contribution in [3.05, 3.63) is 81.5 Å². The third-order valence-corrected chi connectivity index (χ3v) is 6.46. The molecule has 0 amide bonds. The third kappa shape index (κ3) is 4.49. The van der Waals surface area contributed by atoms with Gasteiger partial charge in [0, 0.05) is 44.1 Å². The summed E-state index contributed by atoms with van der Waals surface area (Å²) >= 11 is 1.88. The van der Waals surface area contributed by atoms with Crippen LogP contribution in [0.4, 0.5) is 0 Å². The van der Waals surface area contributed by atoms with Crippen LogP contribution in [0, 0.1) is 13.8 Å². The number of rotatable bonds is 5. The van der Waals surface area contributed by atoms with Gasteiger partial charge in [0.15, 0.2) is 0 Å². The van der Waals surface area contributed by atoms with Crippen LogP contribution in [-0.4, -0.2) is 36.0 Å². The van der Waals surface area contributed by atoms with Crippen molar-refractivity contribution in [2.24, 2.45) is 0 Å². The van der Waals surface area contributed by atoms with Gasteiger partial charge in [-0.1, -0.05) is 60.2 Å². The fourth-order valence-corrected chi connectivity index (χ4v) is 4.79. The van der Waals surface area contributed by atoms with Crippen molar-refractivity contribution in [3.8, 4) is 11.1 Å². The number of aryl methyl sites for hydroxylation is 2. The Kier molecular flexibility index (Phi) is 5.72. The average Bonchev–Trinajstić information content (AvgIpc) is 3.05. The van der Waals surface area contributed by atoms with Gasteiger partial charge in [-0.05, 0) is 41.5 Å². The molecule has 1 fully saturated rings. The maximum atomic E-state index is 2.61. The normalized spacial score (nSPS) is 15.9. The van der Waals surface area contributed by atoms with Gasteiger partial charge >= 0.3 is 0 Å². The molecular formula is C24H28N2S. The molecule has 0 aliphatic carbocycles. The number of thiophene rings is 1. The van der Waals surface area contributed by atoms with E-state index in [9.17, 15) is 0 Å². The second-order valence-electron chi connectivity index (χ2n) is 7.60. The Morgan fingerprint density at radius 1 is 0.778 bits per heavy atom. The summed E-state index contributed by atoms with van der Waals surface area (Å²) in [6, 6.07) is 19.8. The summed E-state index contributed by atoms with van der Waals surface area (Å²) < 4.78 is 0. The zero-order valence-corrected chi connectivity index (χ0v) is 17.1. The van der Waals surface area contributed by atoms with E-state index in [1.165, 1.54) is 32.7 Å². The topological polar surface area (TPSA) is 6.48 Å². The molecule has 2 nitrogen and oxygen atoms in total. The molecule has 2 aromatic carbocycles. The molecule has 3 heteroatoms. The second kappa shape index (κ2) is 8.39. The predicted molar refractivity (Wildman–Crippen MR) is 116 cm³/mol. The standard InChI is InChI=1S/C24H28N2S/c1-19-8-10-22(11-9-19)24-20(2)27-18-23(24)17-26-14-12-25(13-15-26)16-21-6-4-3-5-7-21/h3-11,18H,12-17H2,1-2H3. The van der Waals surface area contributed by atoms with Gasteiger partial charge in [0.25, 0.3) is 0 Å². The Balaban J connectivity index is 1.39. The molecule has 1 saturated heterocycles. The largest absolute Gasteiger partial charge is 0.297 e. The monoisotopic (exact) mass is 376 g/mol. The van der Waals surface area contributed by atoms with E-state index >= 15 is 0 Å². The van der Waals surface area contributed by atoms with E-state index in [-0.39, 0.29) is 0 Å². The Bertz CT molecular complexity index is 859. The van der Waals surface area contributed by atoms with Gasteiger partial charge in [-0.2, -0.15) is 0 Å². The molecule has 0 unspecified atom stereocenters. The maximum Gasteiger partial charge on any atom is 0.0249 e. The third-order valence-electron chi connectivity index (χ3n) is 5.50. The second-order valence-corrected chi connectivity index (χ2v) is 8.68. The van der Waals surface area contributed by atoms with Crippen LogP contribution < -0.4 is 0 Å². The lowest BCUT2D eigenvalue weighted by Crippen LogP contribution is -2.45. The van der Waals surface area contributed by atoms with Crippen LogP contribution in [0.2, 0.25) is 0 Å². The van der Waals surface area contributed by atoms with Crippen LogP contribution in [0.3, 0.4) is 0 Å². The van der Waals surface area contributed by atoms with Gasteiger partial charge in [0.1, 0.15) is 0 Å². The Morgan fingerprint density at radius 3 is 2.07 bits per heavy atom. The van der Waals surface area contributed by atoms with Crippen LogP contribution in [0.15, 0.2) is 60.0 Å². The van der Waals surface area contributed by atoms with Crippen LogP contribution in [0.1, 0.15) is 21.6 Å². The van der Waals surface area contributed by atoms with Crippen molar-refractivity contribution in [1.29, 1.82) is 0 Å². The first kappa shape index (κ1) is 18.4. The van der Waals surface area contributed by atoms with E-state index in [4.69, 9.17) is 0 Å². The molecule has 0 N–H and O–H groups in total. The first-order valence-corrected chi connectivity index (χ1v) is 10.7. The summed E-state index contributed by atoms with van der Waals surface area (Å²) in [5, 5.41) is 2.36. The molecule has 1 aliphatic rings. The van der Waals surface area contributed by atoms with E-state index in [0.717, 1.165) is 39.3 Å². The fraction of sp³-hybridized carbons (Fsp3) is 0.333. The highest BCUT2D eigenvalue weighted by atomic mass is 32.1. The quantitative estimate of drug-likeness (QED) is 0.592. The number of nitrogens with zero attached hydrogens (tertiary/aromatic N) is 2. The van der Waals surface area contributed by atoms with E-state index in [1.807, 2.05) is 11.3 Å². The number of hydrogen-bond acceptors (Lipinski definition) is 3. The van der Waals surface area contributed by atoms with Crippen LogP contribution in [0.5, 0.6) is 0 Å². The van der Waals surface area contributed by atoms with Crippen molar-refractivity contribution in [2.75, 3.05) is 26.2 Å². The summed E-state index contributed by atoms with van der Waals surface area (Å²) in [6.45, 7) is 11.1. The molecule has 0 saturated carbocycles. The summed E-state index contributed by atoms with van der Waals surface area (Å²) in [6.07, 6.45) is 0. The Hall–Kier alpha value is -1.94. The van der Waals surface area contributed by atoms with Crippen LogP contribution in [0.25, 0.3) is 11.1 Å². The van der Waals surface area contributed by atoms with E-state index in [1.54, 1.807) is 0 Å². The average molecular weight is 377 g/mol. The van der Waals surface area contributed by atoms with Gasteiger partial charge < -0.3 is 0 Å². The number of piperazine rings is 1. The lowest BCUT2D eigenvalue weighted by atomic mass is 10.0. The molecule has 1 aromatic heterocycles. The predicted octanol–water partition coefficient (Wildman–Crippen LogP) is 5.35. The fourth-order valence-electron chi connectivity index (χ4n) is 3.92. The van der Waals surface area contributed by atoms with Crippen molar-refractivity contribution < 1.29 is 0 Å². The number of benzene rings is 2. The van der Waals surface area contributed by atoms with Gasteiger partial charge in [-0.3, -0.25) is 9.80 Å². The van der Waals surface area contributed by atoms with E-state index < -0.39 is 0 Å². The summed E-state index contributed by atoms with van der Waals surface area (Å²) in [4.78, 5) is 6.61. The summed E-state index contributed by atoms with van der Waals surface area (Å²) in [5.41, 5.74) is 7.03. The molecule has 2 heterocycles. The summed E-state index contributed by atoms with van der Waals surface area (Å²) in [5.74, 6) is 0. The van der Waals surface area contributed by atoms with Gasteiger partial charge in [0.2, 0.25) is 0 Å². The Morgan fingerprint density at radius 2 is 1.41 bits per heavy atom. The van der Waals surface area contributed by atoms with Crippen LogP contribution in [-0.2, 0) is 13.1 Å². The lowest BCUT2D eigenvalue weighted by molar-refractivity contribution is 0.122. The van der Waals surface area contributed by atoms with Gasteiger partial charge in [-0.15, -0.1) is 11.3 Å². The molecule has 27 heavy (non-hydrogen) atoms. The van der Waals surface area contributed by atoms with Gasteiger partial charge in [0.05, 0.1) is 0 Å². The van der Waals surface area contributed by atoms with Crippen molar-refractivity contribution in [1.82, 2.24) is 9.80 Å². The van der Waals surface area contributed by atoms with E-state index in [2.05, 4.69) is 83.6 Å². The first-order valence-electron chi connectivity index (χ1n) is 9.82. The lowest BCUT2D eigenvalue weighted by Gasteiger charge is -2.34. The van der Waals surface area contributed by atoms with Crippen LogP contribution >= 0.6 is 11.3 Å². The Labute approximate surface area is 167 Å². The van der Waals surface area contributed by atoms with Gasteiger partial charge in [-0.25, -0.2) is 0 Å². The minimum absolute atomic E-state index is 1.06. The molecule has 1 aliphatic heterocycles. The summed E-state index contributed by atoms with van der Waals surface area (Å²) in [7, 11) is 0. The van der Waals surface area contributed by atoms with Crippen molar-refractivity contribution in [2.45, 2.75) is 26.9 Å². The zero-order valence-electron chi connectivity index (χ0n) is 16.3. The van der Waals surface area contributed by atoms with Crippen molar-refractivity contribution >= 4 is 11.3 Å². The molecular weight excluding hydrogens is 348 g/mol. The maximum absolute atomic E-state index is 2.61. The molecule has 140 valence electrons. The zero-order chi connectivity index (χ0) is 18.6. The highest BCUT2D eigenvalue weighted by molar-refractivity contribution is 7.10. The molecule has 0 atom stereocenters. The molecule has 3 aromatic rings. The minimum atomic E-state index is 1.06. The number of hydrogen-bond donors (Lipinski definition) is 0. The molecule has 0 bridgehead atoms. The minimum Gasteiger partial charge on any atom is -0.297 e. The SMILES string of the molecule is Cc1ccc(-c2c(CN3CCN(Cc4ccccc4)CC3)csc2C)cc1. The first-order chi connectivity index (χ1) is 13.2. The smallest absolute Gasteiger partial charge is 0.0249 e. The van der Waals surface area contributed by atoms with Crippen molar-refractivity contribution in [3.63, 3.8) is 0 Å². The highest BCUT2D eigenvalue weighted by Gasteiger charge is 2.19. The molecule has 4 rings (SSSR count). The molecule has 0 radical (unpaired) electrons.